The molecule has 32 heavy (non-hydrogen) atoms. The second-order valence-electron chi connectivity index (χ2n) is 8.67. The Morgan fingerprint density at radius 1 is 1.25 bits per heavy atom. The van der Waals surface area contributed by atoms with Gasteiger partial charge in [0.25, 0.3) is 0 Å². The zero-order valence-electron chi connectivity index (χ0n) is 17.3. The molecule has 1 aliphatic carbocycles. The summed E-state index contributed by atoms with van der Waals surface area (Å²) in [5, 5.41) is 9.99. The van der Waals surface area contributed by atoms with Crippen LogP contribution in [-0.4, -0.2) is 5.78 Å². The number of nitriles is 1. The molecule has 1 aliphatic heterocycles. The Bertz CT molecular complexity index is 1220. The van der Waals surface area contributed by atoms with E-state index < -0.39 is 23.1 Å². The number of ketones is 1. The Morgan fingerprint density at radius 2 is 1.97 bits per heavy atom. The van der Waals surface area contributed by atoms with Crippen LogP contribution < -0.4 is 10.6 Å². The van der Waals surface area contributed by atoms with Crippen LogP contribution in [0, 0.1) is 16.7 Å². The Balaban J connectivity index is 1.99. The molecule has 0 spiro atoms. The third-order valence-corrected chi connectivity index (χ3v) is 7.38. The molecule has 0 unspecified atom stereocenters. The van der Waals surface area contributed by atoms with Gasteiger partial charge in [-0.25, -0.2) is 0 Å². The Kier molecular flexibility index (Phi) is 5.50. The van der Waals surface area contributed by atoms with Crippen molar-refractivity contribution < 1.29 is 18.0 Å². The first-order valence-electron chi connectivity index (χ1n) is 9.81. The Labute approximate surface area is 196 Å². The first-order valence-corrected chi connectivity index (χ1v) is 11.4. The number of thiophene rings is 1. The summed E-state index contributed by atoms with van der Waals surface area (Å²) >= 11 is 4.82. The van der Waals surface area contributed by atoms with Gasteiger partial charge in [0.05, 0.1) is 26.9 Å². The normalized spacial score (nSPS) is 21.0. The number of carbonyl (C=O) groups excluding carboxylic acids is 1. The van der Waals surface area contributed by atoms with Crippen LogP contribution >= 0.6 is 27.3 Å². The summed E-state index contributed by atoms with van der Waals surface area (Å²) < 4.78 is 41.0. The van der Waals surface area contributed by atoms with E-state index in [-0.39, 0.29) is 29.3 Å². The third-order valence-electron chi connectivity index (χ3n) is 5.69. The minimum Gasteiger partial charge on any atom is -0.384 e. The van der Waals surface area contributed by atoms with Crippen LogP contribution in [0.1, 0.15) is 43.0 Å². The lowest BCUT2D eigenvalue weighted by Gasteiger charge is -2.43. The topological polar surface area (TPSA) is 70.1 Å². The van der Waals surface area contributed by atoms with E-state index in [0.717, 1.165) is 20.8 Å². The highest BCUT2D eigenvalue weighted by atomic mass is 79.9. The van der Waals surface area contributed by atoms with Gasteiger partial charge in [-0.05, 0) is 58.1 Å². The largest absolute Gasteiger partial charge is 0.416 e. The highest BCUT2D eigenvalue weighted by Gasteiger charge is 2.45. The number of nitrogens with zero attached hydrogens (tertiary/aromatic N) is 2. The number of benzene rings is 1. The molecule has 0 saturated heterocycles. The van der Waals surface area contributed by atoms with Crippen LogP contribution in [0.25, 0.3) is 0 Å². The average Bonchev–Trinajstić information content (AvgIpc) is 3.11. The monoisotopic (exact) mass is 521 g/mol. The molecule has 0 amide bonds. The van der Waals surface area contributed by atoms with Crippen molar-refractivity contribution in [3.63, 3.8) is 0 Å². The predicted octanol–water partition coefficient (Wildman–Crippen LogP) is 6.47. The van der Waals surface area contributed by atoms with Crippen molar-refractivity contribution in [1.29, 1.82) is 5.26 Å². The van der Waals surface area contributed by atoms with Crippen LogP contribution in [-0.2, 0) is 11.0 Å². The number of allylic oxidation sites excluding steroid dienone is 3. The molecule has 2 aromatic rings. The van der Waals surface area contributed by atoms with E-state index in [0.29, 0.717) is 17.7 Å². The molecule has 166 valence electrons. The number of hydrogen-bond acceptors (Lipinski definition) is 5. The summed E-state index contributed by atoms with van der Waals surface area (Å²) in [5.41, 5.74) is 6.54. The van der Waals surface area contributed by atoms with Crippen LogP contribution in [0.3, 0.4) is 0 Å². The molecule has 1 aromatic carbocycles. The molecule has 1 atom stereocenters. The summed E-state index contributed by atoms with van der Waals surface area (Å²) in [6.45, 7) is 3.88. The molecule has 0 saturated carbocycles. The van der Waals surface area contributed by atoms with E-state index >= 15 is 0 Å². The fourth-order valence-electron chi connectivity index (χ4n) is 4.39. The molecule has 0 radical (unpaired) electrons. The maximum absolute atomic E-state index is 13.4. The third kappa shape index (κ3) is 3.86. The maximum atomic E-state index is 13.4. The number of hydrogen-bond donors (Lipinski definition) is 1. The van der Waals surface area contributed by atoms with Gasteiger partial charge in [-0.2, -0.15) is 18.4 Å². The molecule has 2 aliphatic rings. The van der Waals surface area contributed by atoms with Crippen molar-refractivity contribution in [3.8, 4) is 6.07 Å². The number of halogens is 4. The predicted molar refractivity (Wildman–Crippen MR) is 121 cm³/mol. The molecule has 2 heterocycles. The Hall–Kier alpha value is -2.57. The number of anilines is 1. The number of alkyl halides is 3. The maximum Gasteiger partial charge on any atom is 0.416 e. The van der Waals surface area contributed by atoms with E-state index in [2.05, 4.69) is 22.0 Å². The number of carbonyl (C=O) groups is 1. The first-order chi connectivity index (χ1) is 14.9. The lowest BCUT2D eigenvalue weighted by molar-refractivity contribution is -0.137. The zero-order valence-corrected chi connectivity index (χ0v) is 19.7. The summed E-state index contributed by atoms with van der Waals surface area (Å²) in [7, 11) is 0. The lowest BCUT2D eigenvalue weighted by Crippen LogP contribution is -2.42. The molecule has 0 fully saturated rings. The van der Waals surface area contributed by atoms with Gasteiger partial charge >= 0.3 is 6.18 Å². The van der Waals surface area contributed by atoms with Crippen LogP contribution in [0.4, 0.5) is 18.9 Å². The van der Waals surface area contributed by atoms with Crippen molar-refractivity contribution in [2.75, 3.05) is 4.90 Å². The van der Waals surface area contributed by atoms with Gasteiger partial charge in [0, 0.05) is 28.3 Å². The van der Waals surface area contributed by atoms with Gasteiger partial charge in [-0.15, -0.1) is 11.3 Å². The minimum absolute atomic E-state index is 0.0468. The molecule has 9 heteroatoms. The van der Waals surface area contributed by atoms with Crippen molar-refractivity contribution in [2.45, 2.75) is 38.8 Å². The quantitative estimate of drug-likeness (QED) is 0.491. The van der Waals surface area contributed by atoms with Crippen LogP contribution in [0.5, 0.6) is 0 Å². The fraction of sp³-hybridized carbons (Fsp3) is 0.304. The minimum atomic E-state index is -4.53. The van der Waals surface area contributed by atoms with Gasteiger partial charge in [0.2, 0.25) is 0 Å². The van der Waals surface area contributed by atoms with Crippen LogP contribution in [0.15, 0.2) is 62.8 Å². The van der Waals surface area contributed by atoms with Gasteiger partial charge in [-0.3, -0.25) is 9.69 Å². The van der Waals surface area contributed by atoms with Crippen LogP contribution in [0.2, 0.25) is 0 Å². The first kappa shape index (κ1) is 22.6. The summed E-state index contributed by atoms with van der Waals surface area (Å²) in [6.07, 6.45) is -3.82. The average molecular weight is 522 g/mol. The van der Waals surface area contributed by atoms with Crippen molar-refractivity contribution in [3.05, 3.63) is 73.3 Å². The second kappa shape index (κ2) is 7.78. The van der Waals surface area contributed by atoms with Gasteiger partial charge in [-0.1, -0.05) is 19.9 Å². The van der Waals surface area contributed by atoms with E-state index in [1.54, 1.807) is 0 Å². The zero-order chi connectivity index (χ0) is 23.4. The number of Topliss-reactive ketones (excluding diaryl/α,β-unsaturated/α-hetero) is 1. The highest BCUT2D eigenvalue weighted by molar-refractivity contribution is 9.11. The molecular weight excluding hydrogens is 503 g/mol. The fourth-order valence-corrected chi connectivity index (χ4v) is 5.94. The summed E-state index contributed by atoms with van der Waals surface area (Å²) in [4.78, 5) is 15.6. The smallest absolute Gasteiger partial charge is 0.384 e. The number of rotatable bonds is 2. The van der Waals surface area contributed by atoms with E-state index in [4.69, 9.17) is 5.73 Å². The Morgan fingerprint density at radius 3 is 2.56 bits per heavy atom. The molecule has 0 bridgehead atoms. The molecule has 4 nitrogen and oxygen atoms in total. The SMILES string of the molecule is CC1(C)CC(=O)C2=C(C1)N(c1cccc(C(F)(F)F)c1)C(N)=C(C#N)[C@@H]2c1ccc(Br)s1. The van der Waals surface area contributed by atoms with Gasteiger partial charge < -0.3 is 5.73 Å². The number of nitrogens with two attached hydrogens (primary N) is 1. The summed E-state index contributed by atoms with van der Waals surface area (Å²) in [6, 6.07) is 10.6. The second-order valence-corrected chi connectivity index (χ2v) is 11.2. The van der Waals surface area contributed by atoms with E-state index in [1.165, 1.54) is 28.4 Å². The molecular formula is C23H19BrF3N3OS. The van der Waals surface area contributed by atoms with E-state index in [9.17, 15) is 23.2 Å². The molecule has 2 N–H and O–H groups in total. The van der Waals surface area contributed by atoms with Crippen molar-refractivity contribution >= 4 is 38.7 Å². The highest BCUT2D eigenvalue weighted by Crippen LogP contribution is 2.51. The molecule has 4 rings (SSSR count). The lowest BCUT2D eigenvalue weighted by atomic mass is 9.69. The van der Waals surface area contributed by atoms with E-state index in [1.807, 2.05) is 26.0 Å². The van der Waals surface area contributed by atoms with Gasteiger partial charge in [0.1, 0.15) is 5.82 Å². The van der Waals surface area contributed by atoms with Crippen molar-refractivity contribution in [1.82, 2.24) is 0 Å². The molecule has 1 aromatic heterocycles. The van der Waals surface area contributed by atoms with Crippen molar-refractivity contribution in [2.24, 2.45) is 11.1 Å². The summed E-state index contributed by atoms with van der Waals surface area (Å²) in [5.74, 6) is -0.717. The standard InChI is InChI=1S/C23H19BrF3N3OS/c1-22(2)9-15-20(16(31)10-22)19(17-6-7-18(24)32-17)14(11-28)21(29)30(15)13-5-3-4-12(8-13)23(25,26)27/h3-8,19H,9-10,29H2,1-2H3/t19-/m1/s1. The van der Waals surface area contributed by atoms with Gasteiger partial charge in [0.15, 0.2) is 5.78 Å².